The standard InChI is InChI=1S/C6H10/c1-3-5-6-4-2/h3,6H,1-2,4-5H2. The summed E-state index contributed by atoms with van der Waals surface area (Å²) < 4.78 is 0. The molecule has 0 bridgehead atoms. The Morgan fingerprint density at radius 3 is 2.33 bits per heavy atom. The molecule has 0 N–H and O–H groups in total. The molecule has 0 heterocycles. The molecular weight excluding hydrogens is 72.1 g/mol. The zero-order valence-electron chi connectivity index (χ0n) is 3.98. The van der Waals surface area contributed by atoms with Gasteiger partial charge >= 0.3 is 0 Å². The van der Waals surface area contributed by atoms with Gasteiger partial charge in [0.15, 0.2) is 0 Å². The second kappa shape index (κ2) is 4.74. The van der Waals surface area contributed by atoms with Crippen LogP contribution in [-0.4, -0.2) is 0 Å². The van der Waals surface area contributed by atoms with Crippen molar-refractivity contribution in [2.75, 3.05) is 0 Å². The minimum Gasteiger partial charge on any atom is -0.103 e. The molecule has 0 unspecified atom stereocenters. The van der Waals surface area contributed by atoms with Crippen molar-refractivity contribution in [3.05, 3.63) is 26.0 Å². The summed E-state index contributed by atoms with van der Waals surface area (Å²) in [7, 11) is 0. The summed E-state index contributed by atoms with van der Waals surface area (Å²) in [5.74, 6) is 0. The number of hydrogen-bond donors (Lipinski definition) is 0. The first-order valence-corrected chi connectivity index (χ1v) is 2.13. The third kappa shape index (κ3) is 3.74. The number of hydrogen-bond acceptors (Lipinski definition) is 0. The van der Waals surface area contributed by atoms with E-state index in [2.05, 4.69) is 19.9 Å². The highest BCUT2D eigenvalue weighted by molar-refractivity contribution is 4.77. The third-order valence-corrected chi connectivity index (χ3v) is 0.537. The van der Waals surface area contributed by atoms with Crippen LogP contribution in [0.5, 0.6) is 0 Å². The van der Waals surface area contributed by atoms with Gasteiger partial charge in [0.25, 0.3) is 0 Å². The lowest BCUT2D eigenvalue weighted by molar-refractivity contribution is 1.11. The van der Waals surface area contributed by atoms with Crippen LogP contribution in [0.15, 0.2) is 12.7 Å². The lowest BCUT2D eigenvalue weighted by Crippen LogP contribution is -1.64. The molecule has 0 atom stereocenters. The lowest BCUT2D eigenvalue weighted by Gasteiger charge is -1.81. The minimum atomic E-state index is 0.909. The first-order chi connectivity index (χ1) is 2.91. The number of allylic oxidation sites excluding steroid dienone is 1. The van der Waals surface area contributed by atoms with Gasteiger partial charge < -0.3 is 0 Å². The monoisotopic (exact) mass is 82.1 g/mol. The van der Waals surface area contributed by atoms with E-state index in [0.717, 1.165) is 12.8 Å². The average molecular weight is 82.1 g/mol. The fourth-order valence-electron chi connectivity index (χ4n) is 0.236. The van der Waals surface area contributed by atoms with Gasteiger partial charge in [0.2, 0.25) is 0 Å². The second-order valence-corrected chi connectivity index (χ2v) is 1.10. The van der Waals surface area contributed by atoms with Crippen molar-refractivity contribution in [3.63, 3.8) is 0 Å². The quantitative estimate of drug-likeness (QED) is 0.361. The van der Waals surface area contributed by atoms with E-state index in [1.807, 2.05) is 6.08 Å². The van der Waals surface area contributed by atoms with Crippen molar-refractivity contribution in [2.24, 2.45) is 0 Å². The highest BCUT2D eigenvalue weighted by Crippen LogP contribution is 1.89. The molecule has 0 aliphatic rings. The van der Waals surface area contributed by atoms with Crippen LogP contribution >= 0.6 is 0 Å². The van der Waals surface area contributed by atoms with Gasteiger partial charge in [-0.3, -0.25) is 0 Å². The Balaban J connectivity index is 2.49. The smallest absolute Gasteiger partial charge is 0.0322 e. The minimum absolute atomic E-state index is 0.909. The van der Waals surface area contributed by atoms with Crippen molar-refractivity contribution < 1.29 is 0 Å². The molecule has 0 aliphatic heterocycles. The van der Waals surface area contributed by atoms with E-state index in [9.17, 15) is 0 Å². The molecular formula is C6H10. The van der Waals surface area contributed by atoms with Crippen molar-refractivity contribution in [1.82, 2.24) is 0 Å². The fourth-order valence-corrected chi connectivity index (χ4v) is 0.236. The summed E-state index contributed by atoms with van der Waals surface area (Å²) in [6.07, 6.45) is 5.84. The molecule has 0 fully saturated rings. The van der Waals surface area contributed by atoms with Gasteiger partial charge in [-0.15, -0.1) is 6.58 Å². The zero-order chi connectivity index (χ0) is 4.83. The Bertz CT molecular complexity index is 29.0. The summed E-state index contributed by atoms with van der Waals surface area (Å²) >= 11 is 0. The first-order valence-electron chi connectivity index (χ1n) is 2.13. The van der Waals surface area contributed by atoms with E-state index in [4.69, 9.17) is 0 Å². The van der Waals surface area contributed by atoms with E-state index < -0.39 is 0 Å². The van der Waals surface area contributed by atoms with Gasteiger partial charge in [-0.25, -0.2) is 0 Å². The SMILES string of the molecule is [CH2]C[CH]CC=C. The molecule has 0 aromatic heterocycles. The summed E-state index contributed by atoms with van der Waals surface area (Å²) in [6, 6.07) is 0. The van der Waals surface area contributed by atoms with Gasteiger partial charge in [0.05, 0.1) is 0 Å². The predicted molar refractivity (Wildman–Crippen MR) is 29.1 cm³/mol. The van der Waals surface area contributed by atoms with E-state index in [-0.39, 0.29) is 0 Å². The van der Waals surface area contributed by atoms with Crippen LogP contribution in [0.2, 0.25) is 0 Å². The van der Waals surface area contributed by atoms with Crippen LogP contribution in [0, 0.1) is 13.3 Å². The summed E-state index contributed by atoms with van der Waals surface area (Å²) in [5.41, 5.74) is 0. The van der Waals surface area contributed by atoms with Gasteiger partial charge in [0, 0.05) is 0 Å². The number of unbranched alkanes of at least 4 members (excludes halogenated alkanes) is 2. The van der Waals surface area contributed by atoms with Crippen molar-refractivity contribution in [2.45, 2.75) is 12.8 Å². The molecule has 0 amide bonds. The van der Waals surface area contributed by atoms with E-state index in [0.29, 0.717) is 0 Å². The predicted octanol–water partition coefficient (Wildman–Crippen LogP) is 1.99. The molecule has 34 valence electrons. The maximum absolute atomic E-state index is 3.62. The molecule has 2 radical (unpaired) electrons. The van der Waals surface area contributed by atoms with Crippen LogP contribution in [0.4, 0.5) is 0 Å². The summed E-state index contributed by atoms with van der Waals surface area (Å²) in [5, 5.41) is 0. The largest absolute Gasteiger partial charge is 0.103 e. The molecule has 0 nitrogen and oxygen atoms in total. The van der Waals surface area contributed by atoms with E-state index >= 15 is 0 Å². The van der Waals surface area contributed by atoms with Gasteiger partial charge in [-0.2, -0.15) is 0 Å². The van der Waals surface area contributed by atoms with Gasteiger partial charge in [0.1, 0.15) is 0 Å². The molecule has 0 spiro atoms. The van der Waals surface area contributed by atoms with Crippen LogP contribution in [-0.2, 0) is 0 Å². The maximum Gasteiger partial charge on any atom is -0.0322 e. The van der Waals surface area contributed by atoms with Crippen molar-refractivity contribution >= 4 is 0 Å². The molecule has 0 aromatic rings. The molecule has 0 heteroatoms. The lowest BCUT2D eigenvalue weighted by atomic mass is 10.3. The van der Waals surface area contributed by atoms with Crippen molar-refractivity contribution in [3.8, 4) is 0 Å². The van der Waals surface area contributed by atoms with Crippen LogP contribution in [0.3, 0.4) is 0 Å². The highest BCUT2D eigenvalue weighted by Gasteiger charge is 1.72. The molecule has 0 aromatic carbocycles. The third-order valence-electron chi connectivity index (χ3n) is 0.537. The Kier molecular flexibility index (Phi) is 4.53. The maximum atomic E-state index is 3.62. The van der Waals surface area contributed by atoms with Gasteiger partial charge in [-0.05, 0) is 19.3 Å². The average Bonchev–Trinajstić information content (AvgIpc) is 1.61. The fraction of sp³-hybridized carbons (Fsp3) is 0.333. The molecule has 0 rings (SSSR count). The van der Waals surface area contributed by atoms with Crippen LogP contribution < -0.4 is 0 Å². The molecule has 0 saturated heterocycles. The summed E-state index contributed by atoms with van der Waals surface area (Å²) in [4.78, 5) is 0. The normalized spacial score (nSPS) is 8.17. The Morgan fingerprint density at radius 1 is 1.50 bits per heavy atom. The number of rotatable bonds is 3. The molecule has 0 aliphatic carbocycles. The van der Waals surface area contributed by atoms with Gasteiger partial charge in [-0.1, -0.05) is 13.0 Å². The topological polar surface area (TPSA) is 0 Å². The first kappa shape index (κ1) is 5.74. The molecule has 0 saturated carbocycles. The Morgan fingerprint density at radius 2 is 2.17 bits per heavy atom. The van der Waals surface area contributed by atoms with E-state index in [1.165, 1.54) is 0 Å². The zero-order valence-corrected chi connectivity index (χ0v) is 3.98. The Labute approximate surface area is 39.9 Å². The van der Waals surface area contributed by atoms with E-state index in [1.54, 1.807) is 0 Å². The molecule has 6 heavy (non-hydrogen) atoms. The summed E-state index contributed by atoms with van der Waals surface area (Å²) in [6.45, 7) is 7.16. The van der Waals surface area contributed by atoms with Crippen LogP contribution in [0.1, 0.15) is 12.8 Å². The van der Waals surface area contributed by atoms with Crippen LogP contribution in [0.25, 0.3) is 0 Å². The van der Waals surface area contributed by atoms with Crippen molar-refractivity contribution in [1.29, 1.82) is 0 Å². The second-order valence-electron chi connectivity index (χ2n) is 1.10. The Hall–Kier alpha value is -0.260. The highest BCUT2D eigenvalue weighted by atomic mass is 13.8.